The molecule has 2 heterocycles. The van der Waals surface area contributed by atoms with Crippen molar-refractivity contribution in [2.24, 2.45) is 0 Å². The summed E-state index contributed by atoms with van der Waals surface area (Å²) in [7, 11) is 0. The van der Waals surface area contributed by atoms with Crippen LogP contribution in [0.15, 0.2) is 29.1 Å². The van der Waals surface area contributed by atoms with Gasteiger partial charge < -0.3 is 15.0 Å². The van der Waals surface area contributed by atoms with E-state index in [2.05, 4.69) is 22.2 Å². The van der Waals surface area contributed by atoms with Crippen LogP contribution < -0.4 is 15.6 Å². The van der Waals surface area contributed by atoms with Crippen LogP contribution in [0.25, 0.3) is 11.4 Å². The first kappa shape index (κ1) is 13.8. The zero-order valence-corrected chi connectivity index (χ0v) is 12.1. The molecule has 0 unspecified atom stereocenters. The summed E-state index contributed by atoms with van der Waals surface area (Å²) in [6.07, 6.45) is 1.75. The summed E-state index contributed by atoms with van der Waals surface area (Å²) in [5, 5.41) is 3.19. The Labute approximate surface area is 123 Å². The van der Waals surface area contributed by atoms with E-state index in [1.165, 1.54) is 0 Å². The number of nitrogens with one attached hydrogen (secondary N) is 2. The standard InChI is InChI=1S/C16H19N3O2/c1-2-8-21-12-5-3-4-11(9-12)15-18-14-6-7-17-10-13(14)16(20)19-15/h3-5,9,17H,2,6-8,10H2,1H3,(H,18,19,20). The van der Waals surface area contributed by atoms with Gasteiger partial charge in [-0.15, -0.1) is 0 Å². The van der Waals surface area contributed by atoms with Gasteiger partial charge in [-0.25, -0.2) is 4.98 Å². The number of ether oxygens (including phenoxy) is 1. The van der Waals surface area contributed by atoms with E-state index in [1.807, 2.05) is 24.3 Å². The zero-order valence-electron chi connectivity index (χ0n) is 12.1. The van der Waals surface area contributed by atoms with Gasteiger partial charge in [0.2, 0.25) is 0 Å². The van der Waals surface area contributed by atoms with E-state index in [-0.39, 0.29) is 5.56 Å². The van der Waals surface area contributed by atoms with E-state index in [4.69, 9.17) is 4.74 Å². The molecule has 21 heavy (non-hydrogen) atoms. The summed E-state index contributed by atoms with van der Waals surface area (Å²) in [6.45, 7) is 4.21. The third kappa shape index (κ3) is 2.97. The molecule has 2 N–H and O–H groups in total. The molecule has 1 aliphatic rings. The number of nitrogens with zero attached hydrogens (tertiary/aromatic N) is 1. The third-order valence-corrected chi connectivity index (χ3v) is 3.52. The van der Waals surface area contributed by atoms with Gasteiger partial charge in [-0.2, -0.15) is 0 Å². The summed E-state index contributed by atoms with van der Waals surface area (Å²) >= 11 is 0. The quantitative estimate of drug-likeness (QED) is 0.900. The highest BCUT2D eigenvalue weighted by Gasteiger charge is 2.15. The Bertz CT molecular complexity index is 694. The molecule has 1 aromatic heterocycles. The van der Waals surface area contributed by atoms with Crippen molar-refractivity contribution in [1.82, 2.24) is 15.3 Å². The molecule has 1 aromatic carbocycles. The van der Waals surface area contributed by atoms with Crippen LogP contribution in [-0.2, 0) is 13.0 Å². The highest BCUT2D eigenvalue weighted by Crippen LogP contribution is 2.21. The molecule has 5 heteroatoms. The molecule has 0 spiro atoms. The molecule has 0 aliphatic carbocycles. The van der Waals surface area contributed by atoms with Gasteiger partial charge in [0.15, 0.2) is 0 Å². The SMILES string of the molecule is CCCOc1cccc(-c2nc3c(c(=O)[nH]2)CNCC3)c1. The minimum absolute atomic E-state index is 0.0536. The molecular formula is C16H19N3O2. The second-order valence-electron chi connectivity index (χ2n) is 5.14. The average Bonchev–Trinajstić information content (AvgIpc) is 2.53. The Balaban J connectivity index is 1.97. The van der Waals surface area contributed by atoms with E-state index >= 15 is 0 Å². The largest absolute Gasteiger partial charge is 0.494 e. The molecule has 0 saturated carbocycles. The molecule has 2 aromatic rings. The average molecular weight is 285 g/mol. The van der Waals surface area contributed by atoms with Gasteiger partial charge in [0.1, 0.15) is 11.6 Å². The van der Waals surface area contributed by atoms with Crippen LogP contribution in [0.3, 0.4) is 0 Å². The van der Waals surface area contributed by atoms with Gasteiger partial charge in [-0.05, 0) is 18.6 Å². The number of aromatic nitrogens is 2. The molecule has 0 amide bonds. The molecule has 110 valence electrons. The first-order valence-corrected chi connectivity index (χ1v) is 7.34. The molecule has 0 saturated heterocycles. The fourth-order valence-corrected chi connectivity index (χ4v) is 2.44. The molecule has 0 atom stereocenters. The Morgan fingerprint density at radius 2 is 2.29 bits per heavy atom. The van der Waals surface area contributed by atoms with E-state index in [0.717, 1.165) is 42.0 Å². The Morgan fingerprint density at radius 1 is 1.38 bits per heavy atom. The molecule has 0 bridgehead atoms. The van der Waals surface area contributed by atoms with Gasteiger partial charge >= 0.3 is 0 Å². The number of hydrogen-bond acceptors (Lipinski definition) is 4. The number of hydrogen-bond donors (Lipinski definition) is 2. The lowest BCUT2D eigenvalue weighted by Crippen LogP contribution is -2.31. The van der Waals surface area contributed by atoms with E-state index in [0.29, 0.717) is 19.0 Å². The monoisotopic (exact) mass is 285 g/mol. The van der Waals surface area contributed by atoms with Crippen molar-refractivity contribution in [2.75, 3.05) is 13.2 Å². The normalized spacial score (nSPS) is 13.8. The second-order valence-corrected chi connectivity index (χ2v) is 5.14. The predicted octanol–water partition coefficient (Wildman–Crippen LogP) is 1.87. The fraction of sp³-hybridized carbons (Fsp3) is 0.375. The smallest absolute Gasteiger partial charge is 0.255 e. The van der Waals surface area contributed by atoms with Crippen molar-refractivity contribution < 1.29 is 4.74 Å². The van der Waals surface area contributed by atoms with E-state index in [9.17, 15) is 4.79 Å². The number of rotatable bonds is 4. The molecular weight excluding hydrogens is 266 g/mol. The Kier molecular flexibility index (Phi) is 4.01. The molecule has 1 aliphatic heterocycles. The van der Waals surface area contributed by atoms with Gasteiger partial charge in [0.05, 0.1) is 17.9 Å². The van der Waals surface area contributed by atoms with Crippen LogP contribution in [0.5, 0.6) is 5.75 Å². The maximum Gasteiger partial charge on any atom is 0.255 e. The van der Waals surface area contributed by atoms with E-state index < -0.39 is 0 Å². The Morgan fingerprint density at radius 3 is 3.14 bits per heavy atom. The van der Waals surface area contributed by atoms with Crippen LogP contribution in [0, 0.1) is 0 Å². The first-order chi connectivity index (χ1) is 10.3. The van der Waals surface area contributed by atoms with Crippen LogP contribution in [-0.4, -0.2) is 23.1 Å². The molecule has 0 radical (unpaired) electrons. The van der Waals surface area contributed by atoms with Crippen molar-refractivity contribution in [3.63, 3.8) is 0 Å². The van der Waals surface area contributed by atoms with Crippen LogP contribution in [0.1, 0.15) is 24.6 Å². The van der Waals surface area contributed by atoms with Crippen molar-refractivity contribution in [3.8, 4) is 17.1 Å². The topological polar surface area (TPSA) is 67.0 Å². The van der Waals surface area contributed by atoms with Crippen molar-refractivity contribution >= 4 is 0 Å². The minimum Gasteiger partial charge on any atom is -0.494 e. The maximum atomic E-state index is 12.1. The summed E-state index contributed by atoms with van der Waals surface area (Å²) in [5.41, 5.74) is 2.47. The summed E-state index contributed by atoms with van der Waals surface area (Å²) in [6, 6.07) is 7.69. The predicted molar refractivity (Wildman–Crippen MR) is 81.5 cm³/mol. The zero-order chi connectivity index (χ0) is 14.7. The van der Waals surface area contributed by atoms with Crippen LogP contribution >= 0.6 is 0 Å². The van der Waals surface area contributed by atoms with Gasteiger partial charge in [-0.1, -0.05) is 19.1 Å². The fourth-order valence-electron chi connectivity index (χ4n) is 2.44. The van der Waals surface area contributed by atoms with Crippen LogP contribution in [0.4, 0.5) is 0 Å². The highest BCUT2D eigenvalue weighted by atomic mass is 16.5. The lowest BCUT2D eigenvalue weighted by molar-refractivity contribution is 0.317. The van der Waals surface area contributed by atoms with Gasteiger partial charge in [-0.3, -0.25) is 4.79 Å². The number of fused-ring (bicyclic) bond motifs is 1. The van der Waals surface area contributed by atoms with Gasteiger partial charge in [0.25, 0.3) is 5.56 Å². The number of benzene rings is 1. The third-order valence-electron chi connectivity index (χ3n) is 3.52. The summed E-state index contributed by atoms with van der Waals surface area (Å²) in [5.74, 6) is 1.42. The van der Waals surface area contributed by atoms with Crippen molar-refractivity contribution in [1.29, 1.82) is 0 Å². The number of aromatic amines is 1. The van der Waals surface area contributed by atoms with Crippen molar-refractivity contribution in [2.45, 2.75) is 26.3 Å². The maximum absolute atomic E-state index is 12.1. The highest BCUT2D eigenvalue weighted by molar-refractivity contribution is 5.57. The summed E-state index contributed by atoms with van der Waals surface area (Å²) in [4.78, 5) is 19.6. The molecule has 5 nitrogen and oxygen atoms in total. The second kappa shape index (κ2) is 6.10. The molecule has 3 rings (SSSR count). The van der Waals surface area contributed by atoms with Crippen molar-refractivity contribution in [3.05, 3.63) is 45.9 Å². The molecule has 0 fully saturated rings. The van der Waals surface area contributed by atoms with Crippen LogP contribution in [0.2, 0.25) is 0 Å². The number of H-pyrrole nitrogens is 1. The minimum atomic E-state index is -0.0536. The lowest BCUT2D eigenvalue weighted by Gasteiger charge is -2.16. The lowest BCUT2D eigenvalue weighted by atomic mass is 10.1. The first-order valence-electron chi connectivity index (χ1n) is 7.34. The van der Waals surface area contributed by atoms with Gasteiger partial charge in [0, 0.05) is 25.1 Å². The van der Waals surface area contributed by atoms with E-state index in [1.54, 1.807) is 0 Å². The summed E-state index contributed by atoms with van der Waals surface area (Å²) < 4.78 is 5.63. The Hall–Kier alpha value is -2.14.